The van der Waals surface area contributed by atoms with Crippen molar-refractivity contribution in [3.63, 3.8) is 0 Å². The van der Waals surface area contributed by atoms with Crippen LogP contribution >= 0.6 is 11.3 Å². The Morgan fingerprint density at radius 2 is 2.06 bits per heavy atom. The Labute approximate surface area is 104 Å². The minimum absolute atomic E-state index is 0.435. The summed E-state index contributed by atoms with van der Waals surface area (Å²) >= 11 is 1.63. The summed E-state index contributed by atoms with van der Waals surface area (Å²) in [4.78, 5) is 14.3. The van der Waals surface area contributed by atoms with Crippen LogP contribution in [0.1, 0.15) is 6.42 Å². The van der Waals surface area contributed by atoms with Gasteiger partial charge in [0.15, 0.2) is 5.13 Å². The van der Waals surface area contributed by atoms with Gasteiger partial charge < -0.3 is 9.64 Å². The first-order valence-corrected chi connectivity index (χ1v) is 6.24. The topological polar surface area (TPSA) is 51.1 Å². The molecule has 0 aromatic carbocycles. The van der Waals surface area contributed by atoms with E-state index in [0.29, 0.717) is 12.6 Å². The van der Waals surface area contributed by atoms with E-state index in [0.717, 1.165) is 18.1 Å². The predicted octanol–water partition coefficient (Wildman–Crippen LogP) is 1.84. The Balaban J connectivity index is 1.67. The van der Waals surface area contributed by atoms with Crippen molar-refractivity contribution in [3.8, 4) is 6.01 Å². The van der Waals surface area contributed by atoms with Crippen molar-refractivity contribution in [1.29, 1.82) is 0 Å². The molecule has 2 heterocycles. The first kappa shape index (κ1) is 11.8. The molecular weight excluding hydrogens is 236 g/mol. The van der Waals surface area contributed by atoms with E-state index >= 15 is 0 Å². The summed E-state index contributed by atoms with van der Waals surface area (Å²) in [7, 11) is 2.03. The number of ether oxygens (including phenoxy) is 1. The molecule has 0 unspecified atom stereocenters. The lowest BCUT2D eigenvalue weighted by molar-refractivity contribution is 0.288. The van der Waals surface area contributed by atoms with Crippen molar-refractivity contribution >= 4 is 16.5 Å². The van der Waals surface area contributed by atoms with Gasteiger partial charge in [-0.25, -0.2) is 15.0 Å². The Kier molecular flexibility index (Phi) is 4.26. The highest BCUT2D eigenvalue weighted by atomic mass is 32.1. The summed E-state index contributed by atoms with van der Waals surface area (Å²) in [5.74, 6) is 0. The lowest BCUT2D eigenvalue weighted by Crippen LogP contribution is -2.20. The molecule has 90 valence electrons. The molecule has 0 saturated carbocycles. The van der Waals surface area contributed by atoms with Gasteiger partial charge in [0.05, 0.1) is 6.61 Å². The van der Waals surface area contributed by atoms with E-state index in [2.05, 4.69) is 19.9 Å². The second kappa shape index (κ2) is 6.15. The molecule has 0 aliphatic carbocycles. The van der Waals surface area contributed by atoms with Gasteiger partial charge in [0.25, 0.3) is 0 Å². The van der Waals surface area contributed by atoms with Gasteiger partial charge in [0.1, 0.15) is 0 Å². The summed E-state index contributed by atoms with van der Waals surface area (Å²) in [6.07, 6.45) is 6.06. The fraction of sp³-hybridized carbons (Fsp3) is 0.364. The fourth-order valence-electron chi connectivity index (χ4n) is 1.33. The molecule has 0 bridgehead atoms. The van der Waals surface area contributed by atoms with Crippen LogP contribution in [-0.4, -0.2) is 35.2 Å². The van der Waals surface area contributed by atoms with Crippen LogP contribution in [0.3, 0.4) is 0 Å². The van der Waals surface area contributed by atoms with Gasteiger partial charge in [-0.3, -0.25) is 0 Å². The van der Waals surface area contributed by atoms with Crippen LogP contribution in [0.5, 0.6) is 6.01 Å². The van der Waals surface area contributed by atoms with E-state index in [4.69, 9.17) is 4.74 Å². The number of hydrogen-bond donors (Lipinski definition) is 0. The van der Waals surface area contributed by atoms with Gasteiger partial charge >= 0.3 is 6.01 Å². The van der Waals surface area contributed by atoms with Crippen molar-refractivity contribution < 1.29 is 4.74 Å². The maximum Gasteiger partial charge on any atom is 0.316 e. The van der Waals surface area contributed by atoms with E-state index in [1.54, 1.807) is 29.8 Å². The second-order valence-corrected chi connectivity index (χ2v) is 4.34. The molecule has 0 amide bonds. The van der Waals surface area contributed by atoms with E-state index < -0.39 is 0 Å². The van der Waals surface area contributed by atoms with Crippen LogP contribution < -0.4 is 9.64 Å². The van der Waals surface area contributed by atoms with Crippen molar-refractivity contribution in [3.05, 3.63) is 30.0 Å². The molecule has 0 atom stereocenters. The molecule has 5 nitrogen and oxygen atoms in total. The zero-order valence-electron chi connectivity index (χ0n) is 9.61. The highest BCUT2D eigenvalue weighted by Crippen LogP contribution is 2.15. The minimum Gasteiger partial charge on any atom is -0.463 e. The Morgan fingerprint density at radius 3 is 2.76 bits per heavy atom. The highest BCUT2D eigenvalue weighted by molar-refractivity contribution is 7.13. The zero-order valence-corrected chi connectivity index (χ0v) is 10.4. The maximum absolute atomic E-state index is 5.41. The van der Waals surface area contributed by atoms with Crippen molar-refractivity contribution in [1.82, 2.24) is 15.0 Å². The zero-order chi connectivity index (χ0) is 11.9. The molecule has 2 aromatic heterocycles. The molecule has 0 N–H and O–H groups in total. The van der Waals surface area contributed by atoms with E-state index in [1.807, 2.05) is 18.6 Å². The van der Waals surface area contributed by atoms with Crippen LogP contribution in [0.2, 0.25) is 0 Å². The van der Waals surface area contributed by atoms with Crippen molar-refractivity contribution in [2.24, 2.45) is 0 Å². The van der Waals surface area contributed by atoms with E-state index in [9.17, 15) is 0 Å². The highest BCUT2D eigenvalue weighted by Gasteiger charge is 2.02. The number of rotatable bonds is 6. The fourth-order valence-corrected chi connectivity index (χ4v) is 1.96. The van der Waals surface area contributed by atoms with E-state index in [1.165, 1.54) is 0 Å². The first-order chi connectivity index (χ1) is 8.36. The average Bonchev–Trinajstić information content (AvgIpc) is 2.89. The molecule has 2 rings (SSSR count). The van der Waals surface area contributed by atoms with Gasteiger partial charge in [0, 0.05) is 37.6 Å². The van der Waals surface area contributed by atoms with Crippen LogP contribution in [0.15, 0.2) is 30.0 Å². The molecule has 0 radical (unpaired) electrons. The van der Waals surface area contributed by atoms with Crippen LogP contribution in [0.25, 0.3) is 0 Å². The third-order valence-electron chi connectivity index (χ3n) is 2.16. The van der Waals surface area contributed by atoms with Gasteiger partial charge in [0.2, 0.25) is 0 Å². The van der Waals surface area contributed by atoms with Crippen LogP contribution in [0, 0.1) is 0 Å². The predicted molar refractivity (Wildman–Crippen MR) is 67.5 cm³/mol. The summed E-state index contributed by atoms with van der Waals surface area (Å²) in [5.41, 5.74) is 0. The molecule has 0 aliphatic rings. The van der Waals surface area contributed by atoms with Crippen molar-refractivity contribution in [2.45, 2.75) is 6.42 Å². The third-order valence-corrected chi connectivity index (χ3v) is 3.04. The monoisotopic (exact) mass is 250 g/mol. The quantitative estimate of drug-likeness (QED) is 0.732. The first-order valence-electron chi connectivity index (χ1n) is 5.37. The SMILES string of the molecule is CN(CCCOc1ncccn1)c1nccs1. The molecule has 6 heteroatoms. The normalized spacial score (nSPS) is 10.2. The van der Waals surface area contributed by atoms with Gasteiger partial charge in [-0.05, 0) is 12.5 Å². The Bertz CT molecular complexity index is 420. The van der Waals surface area contributed by atoms with Crippen LogP contribution in [-0.2, 0) is 0 Å². The summed E-state index contributed by atoms with van der Waals surface area (Å²) in [6.45, 7) is 1.51. The Morgan fingerprint density at radius 1 is 1.24 bits per heavy atom. The molecular formula is C11H14N4OS. The molecule has 2 aromatic rings. The molecule has 0 saturated heterocycles. The van der Waals surface area contributed by atoms with Crippen LogP contribution in [0.4, 0.5) is 5.13 Å². The summed E-state index contributed by atoms with van der Waals surface area (Å²) < 4.78 is 5.41. The van der Waals surface area contributed by atoms with Gasteiger partial charge in [-0.2, -0.15) is 0 Å². The molecule has 17 heavy (non-hydrogen) atoms. The van der Waals surface area contributed by atoms with Gasteiger partial charge in [-0.15, -0.1) is 11.3 Å². The van der Waals surface area contributed by atoms with E-state index in [-0.39, 0.29) is 0 Å². The number of hydrogen-bond acceptors (Lipinski definition) is 6. The minimum atomic E-state index is 0.435. The lowest BCUT2D eigenvalue weighted by atomic mass is 10.4. The lowest BCUT2D eigenvalue weighted by Gasteiger charge is -2.15. The summed E-state index contributed by atoms with van der Waals surface area (Å²) in [6, 6.07) is 2.20. The number of nitrogens with zero attached hydrogens (tertiary/aromatic N) is 4. The standard InChI is InChI=1S/C11H14N4OS/c1-15(11-14-6-9-17-11)7-3-8-16-10-12-4-2-5-13-10/h2,4-6,9H,3,7-8H2,1H3. The second-order valence-electron chi connectivity index (χ2n) is 3.47. The number of aromatic nitrogens is 3. The maximum atomic E-state index is 5.41. The average molecular weight is 250 g/mol. The smallest absolute Gasteiger partial charge is 0.316 e. The largest absolute Gasteiger partial charge is 0.463 e. The third kappa shape index (κ3) is 3.67. The molecule has 0 fully saturated rings. The number of thiazole rings is 1. The summed E-state index contributed by atoms with van der Waals surface area (Å²) in [5, 5.41) is 3.00. The number of anilines is 1. The molecule has 0 aliphatic heterocycles. The van der Waals surface area contributed by atoms with Gasteiger partial charge in [-0.1, -0.05) is 0 Å². The Hall–Kier alpha value is -1.69. The molecule has 0 spiro atoms. The van der Waals surface area contributed by atoms with Crippen molar-refractivity contribution in [2.75, 3.05) is 25.1 Å².